The number of anilines is 2. The predicted octanol–water partition coefficient (Wildman–Crippen LogP) is 4.82. The van der Waals surface area contributed by atoms with E-state index in [-0.39, 0.29) is 36.8 Å². The van der Waals surface area contributed by atoms with Crippen molar-refractivity contribution in [2.45, 2.75) is 52.4 Å². The molecular weight excluding hydrogens is 556 g/mol. The Morgan fingerprint density at radius 2 is 1.70 bits per heavy atom. The number of nitrogens with one attached hydrogen (secondary N) is 2. The summed E-state index contributed by atoms with van der Waals surface area (Å²) in [6.45, 7) is 4.63. The summed E-state index contributed by atoms with van der Waals surface area (Å²) in [6, 6.07) is 5.78. The van der Waals surface area contributed by atoms with Gasteiger partial charge in [0.15, 0.2) is 5.82 Å². The highest BCUT2D eigenvalue weighted by Crippen LogP contribution is 2.38. The highest BCUT2D eigenvalue weighted by molar-refractivity contribution is 8.76. The van der Waals surface area contributed by atoms with Gasteiger partial charge in [-0.05, 0) is 43.2 Å². The normalized spacial score (nSPS) is 14.2. The summed E-state index contributed by atoms with van der Waals surface area (Å²) in [5.41, 5.74) is 9.05. The number of nitrogens with two attached hydrogens (primary N) is 1. The minimum absolute atomic E-state index is 0.0497. The lowest BCUT2D eigenvalue weighted by Crippen LogP contribution is -2.40. The topological polar surface area (TPSA) is 179 Å². The molecule has 2 amide bonds. The van der Waals surface area contributed by atoms with Crippen LogP contribution in [0.2, 0.25) is 0 Å². The fraction of sp³-hybridized carbons (Fsp3) is 0.538. The minimum Gasteiger partial charge on any atom is -0.481 e. The van der Waals surface area contributed by atoms with E-state index in [0.717, 1.165) is 48.8 Å². The molecule has 0 radical (unpaired) electrons. The Morgan fingerprint density at radius 3 is 2.35 bits per heavy atom. The summed E-state index contributed by atoms with van der Waals surface area (Å²) in [6.07, 6.45) is 3.44. The molecule has 1 saturated carbocycles. The van der Waals surface area contributed by atoms with E-state index in [0.29, 0.717) is 23.7 Å². The average Bonchev–Trinajstić information content (AvgIpc) is 2.91. The molecule has 5 N–H and O–H groups in total. The minimum atomic E-state index is -0.843. The van der Waals surface area contributed by atoms with Crippen LogP contribution >= 0.6 is 21.6 Å². The van der Waals surface area contributed by atoms with Gasteiger partial charge in [0.1, 0.15) is 18.9 Å². The smallest absolute Gasteiger partial charge is 0.414 e. The van der Waals surface area contributed by atoms with Crippen molar-refractivity contribution < 1.29 is 29.0 Å². The molecule has 14 heteroatoms. The Bertz CT molecular complexity index is 1180. The van der Waals surface area contributed by atoms with Gasteiger partial charge in [-0.15, -0.1) is 10.2 Å². The van der Waals surface area contributed by atoms with Crippen molar-refractivity contribution in [2.75, 3.05) is 42.3 Å². The number of aliphatic carboxylic acids is 1. The van der Waals surface area contributed by atoms with Crippen molar-refractivity contribution in [3.05, 3.63) is 29.3 Å². The van der Waals surface area contributed by atoms with E-state index in [2.05, 4.69) is 25.8 Å². The number of rotatable bonds is 13. The Morgan fingerprint density at radius 1 is 1.02 bits per heavy atom. The summed E-state index contributed by atoms with van der Waals surface area (Å²) < 4.78 is 10.3. The van der Waals surface area contributed by atoms with Crippen LogP contribution in [0.5, 0.6) is 0 Å². The van der Waals surface area contributed by atoms with E-state index in [4.69, 9.17) is 15.2 Å². The van der Waals surface area contributed by atoms with Gasteiger partial charge in [0, 0.05) is 23.6 Å². The van der Waals surface area contributed by atoms with E-state index < -0.39 is 18.2 Å². The van der Waals surface area contributed by atoms with Crippen molar-refractivity contribution in [1.29, 1.82) is 0 Å². The lowest BCUT2D eigenvalue weighted by atomic mass is 9.72. The van der Waals surface area contributed by atoms with Crippen molar-refractivity contribution in [1.82, 2.24) is 20.5 Å². The number of benzene rings is 1. The van der Waals surface area contributed by atoms with Gasteiger partial charge < -0.3 is 25.6 Å². The standard InChI is InChI=1S/C26H36N6O6S2/c1-17-7-6-8-19(18(17)2)21-22(27)29-23(32-31-21)30-25(36)38-12-14-40-39-13-11-37-24(35)28-16-26(15-20(33)34)9-4-3-5-10-26/h6-8H,3-5,9-16H2,1-2H3,(H,28,35)(H,33,34)(H3,27,29,30,32,36). The molecule has 1 fully saturated rings. The first-order valence-corrected chi connectivity index (χ1v) is 15.6. The van der Waals surface area contributed by atoms with Crippen LogP contribution in [0.25, 0.3) is 11.3 Å². The highest BCUT2D eigenvalue weighted by atomic mass is 33.1. The largest absolute Gasteiger partial charge is 0.481 e. The molecule has 1 aromatic carbocycles. The monoisotopic (exact) mass is 592 g/mol. The van der Waals surface area contributed by atoms with Gasteiger partial charge in [-0.1, -0.05) is 59.0 Å². The van der Waals surface area contributed by atoms with Gasteiger partial charge in [0.25, 0.3) is 5.95 Å². The number of nitrogen functional groups attached to an aromatic ring is 1. The molecule has 40 heavy (non-hydrogen) atoms. The molecule has 2 aromatic rings. The van der Waals surface area contributed by atoms with Crippen LogP contribution in [0.3, 0.4) is 0 Å². The molecule has 0 unspecified atom stereocenters. The summed E-state index contributed by atoms with van der Waals surface area (Å²) in [5.74, 6) is 0.330. The predicted molar refractivity (Wildman–Crippen MR) is 156 cm³/mol. The first-order valence-electron chi connectivity index (χ1n) is 13.1. The number of carboxylic acids is 1. The molecular formula is C26H36N6O6S2. The zero-order valence-electron chi connectivity index (χ0n) is 22.7. The van der Waals surface area contributed by atoms with Crippen LogP contribution in [0.4, 0.5) is 21.4 Å². The number of amides is 2. The molecule has 0 saturated heterocycles. The van der Waals surface area contributed by atoms with Crippen molar-refractivity contribution >= 4 is 51.5 Å². The number of aryl methyl sites for hydroxylation is 1. The van der Waals surface area contributed by atoms with Gasteiger partial charge in [-0.3, -0.25) is 10.1 Å². The number of aromatic nitrogens is 3. The average molecular weight is 593 g/mol. The van der Waals surface area contributed by atoms with Crippen LogP contribution in [0.15, 0.2) is 18.2 Å². The lowest BCUT2D eigenvalue weighted by Gasteiger charge is -2.36. The highest BCUT2D eigenvalue weighted by Gasteiger charge is 2.34. The fourth-order valence-electron chi connectivity index (χ4n) is 4.52. The summed E-state index contributed by atoms with van der Waals surface area (Å²) in [5, 5.41) is 22.5. The SMILES string of the molecule is Cc1cccc(-c2nnc(NC(=O)OCCSSCCOC(=O)NCC3(CC(=O)O)CCCCC3)nc2N)c1C. The second-order valence-corrected chi connectivity index (χ2v) is 12.3. The third-order valence-electron chi connectivity index (χ3n) is 6.72. The molecule has 0 spiro atoms. The molecule has 1 aromatic heterocycles. The van der Waals surface area contributed by atoms with Crippen LogP contribution in [-0.4, -0.2) is 69.7 Å². The number of nitrogens with zero attached hydrogens (tertiary/aromatic N) is 3. The summed E-state index contributed by atoms with van der Waals surface area (Å²) >= 11 is 0. The van der Waals surface area contributed by atoms with Crippen LogP contribution in [0, 0.1) is 19.3 Å². The van der Waals surface area contributed by atoms with Gasteiger partial charge in [0.05, 0.1) is 6.42 Å². The molecule has 0 bridgehead atoms. The Labute approximate surface area is 241 Å². The molecule has 0 atom stereocenters. The molecule has 0 aliphatic heterocycles. The van der Waals surface area contributed by atoms with Crippen LogP contribution in [-0.2, 0) is 14.3 Å². The lowest BCUT2D eigenvalue weighted by molar-refractivity contribution is -0.140. The summed E-state index contributed by atoms with van der Waals surface area (Å²) in [7, 11) is 2.95. The maximum atomic E-state index is 12.1. The second kappa shape index (κ2) is 15.5. The molecule has 1 aliphatic carbocycles. The van der Waals surface area contributed by atoms with Crippen molar-refractivity contribution in [3.63, 3.8) is 0 Å². The quantitative estimate of drug-likeness (QED) is 0.184. The maximum absolute atomic E-state index is 12.1. The van der Waals surface area contributed by atoms with Crippen molar-refractivity contribution in [3.8, 4) is 11.3 Å². The molecule has 1 heterocycles. The van der Waals surface area contributed by atoms with E-state index in [1.54, 1.807) is 0 Å². The Balaban J connectivity index is 1.27. The van der Waals surface area contributed by atoms with Crippen molar-refractivity contribution in [2.24, 2.45) is 5.41 Å². The molecule has 1 aliphatic rings. The maximum Gasteiger partial charge on any atom is 0.414 e. The number of hydrogen-bond acceptors (Lipinski definition) is 11. The van der Waals surface area contributed by atoms with Crippen LogP contribution < -0.4 is 16.4 Å². The molecule has 3 rings (SSSR count). The number of hydrogen-bond donors (Lipinski definition) is 4. The third kappa shape index (κ3) is 9.73. The number of alkyl carbamates (subject to hydrolysis) is 1. The Hall–Kier alpha value is -3.26. The van der Waals surface area contributed by atoms with Gasteiger partial charge in [0.2, 0.25) is 0 Å². The van der Waals surface area contributed by atoms with Gasteiger partial charge in [-0.2, -0.15) is 4.98 Å². The van der Waals surface area contributed by atoms with E-state index in [9.17, 15) is 19.5 Å². The number of ether oxygens (including phenoxy) is 2. The number of carboxylic acid groups (broad SMARTS) is 1. The first-order chi connectivity index (χ1) is 19.2. The Kier molecular flexibility index (Phi) is 12.1. The second-order valence-electron chi connectivity index (χ2n) is 9.64. The van der Waals surface area contributed by atoms with Gasteiger partial charge in [-0.25, -0.2) is 9.59 Å². The number of carbonyl (C=O) groups is 3. The van der Waals surface area contributed by atoms with E-state index >= 15 is 0 Å². The molecule has 12 nitrogen and oxygen atoms in total. The van der Waals surface area contributed by atoms with Gasteiger partial charge >= 0.3 is 18.2 Å². The zero-order chi connectivity index (χ0) is 29.0. The first kappa shape index (κ1) is 31.3. The summed E-state index contributed by atoms with van der Waals surface area (Å²) in [4.78, 5) is 39.4. The number of carbonyl (C=O) groups excluding carboxylic acids is 2. The zero-order valence-corrected chi connectivity index (χ0v) is 24.4. The third-order valence-corrected chi connectivity index (χ3v) is 9.05. The fourth-order valence-corrected chi connectivity index (χ4v) is 6.18. The van der Waals surface area contributed by atoms with Crippen LogP contribution in [0.1, 0.15) is 49.7 Å². The van der Waals surface area contributed by atoms with E-state index in [1.807, 2.05) is 32.0 Å². The van der Waals surface area contributed by atoms with E-state index in [1.165, 1.54) is 21.6 Å². The molecule has 218 valence electrons.